The lowest BCUT2D eigenvalue weighted by Gasteiger charge is -2.19. The number of benzene rings is 2. The van der Waals surface area contributed by atoms with Crippen molar-refractivity contribution in [2.45, 2.75) is 6.92 Å². The predicted octanol–water partition coefficient (Wildman–Crippen LogP) is 2.99. The number of nitrogens with zero attached hydrogens (tertiary/aromatic N) is 1. The first-order chi connectivity index (χ1) is 9.02. The van der Waals surface area contributed by atoms with Gasteiger partial charge in [-0.2, -0.15) is 0 Å². The highest BCUT2D eigenvalue weighted by atomic mass is 19.1. The predicted molar refractivity (Wildman–Crippen MR) is 74.7 cm³/mol. The van der Waals surface area contributed by atoms with Gasteiger partial charge in [0.05, 0.1) is 5.69 Å². The highest BCUT2D eigenvalue weighted by Gasteiger charge is 2.18. The first-order valence-corrected chi connectivity index (χ1v) is 5.90. The van der Waals surface area contributed by atoms with Crippen molar-refractivity contribution in [3.8, 4) is 0 Å². The summed E-state index contributed by atoms with van der Waals surface area (Å²) in [6.07, 6.45) is 0. The van der Waals surface area contributed by atoms with Crippen LogP contribution < -0.4 is 10.6 Å². The molecule has 0 saturated carbocycles. The van der Waals surface area contributed by atoms with E-state index in [1.165, 1.54) is 11.0 Å². The van der Waals surface area contributed by atoms with E-state index in [0.717, 1.165) is 0 Å². The monoisotopic (exact) mass is 258 g/mol. The number of nitrogens with two attached hydrogens (primary N) is 1. The minimum absolute atomic E-state index is 0.245. The van der Waals surface area contributed by atoms with Gasteiger partial charge in [-0.25, -0.2) is 4.39 Å². The molecule has 0 saturated heterocycles. The summed E-state index contributed by atoms with van der Waals surface area (Å²) in [6.45, 7) is 1.78. The number of hydrogen-bond donors (Lipinski definition) is 1. The maximum Gasteiger partial charge on any atom is 0.258 e. The van der Waals surface area contributed by atoms with Crippen molar-refractivity contribution < 1.29 is 9.18 Å². The van der Waals surface area contributed by atoms with Gasteiger partial charge in [-0.15, -0.1) is 0 Å². The molecule has 19 heavy (non-hydrogen) atoms. The fraction of sp³-hybridized carbons (Fsp3) is 0.133. The number of nitrogen functional groups attached to an aromatic ring is 1. The first-order valence-electron chi connectivity index (χ1n) is 5.90. The van der Waals surface area contributed by atoms with Gasteiger partial charge in [-0.1, -0.05) is 18.2 Å². The second kappa shape index (κ2) is 5.10. The molecule has 0 aliphatic rings. The van der Waals surface area contributed by atoms with Crippen molar-refractivity contribution in [1.29, 1.82) is 0 Å². The summed E-state index contributed by atoms with van der Waals surface area (Å²) in [5.41, 5.74) is 7.76. The van der Waals surface area contributed by atoms with Crippen molar-refractivity contribution >= 4 is 17.3 Å². The van der Waals surface area contributed by atoms with E-state index in [1.807, 2.05) is 0 Å². The summed E-state index contributed by atoms with van der Waals surface area (Å²) < 4.78 is 13.7. The third-order valence-corrected chi connectivity index (χ3v) is 3.12. The summed E-state index contributed by atoms with van der Waals surface area (Å²) >= 11 is 0. The quantitative estimate of drug-likeness (QED) is 0.842. The van der Waals surface area contributed by atoms with Crippen molar-refractivity contribution in [3.63, 3.8) is 0 Å². The van der Waals surface area contributed by atoms with Gasteiger partial charge in [0, 0.05) is 18.3 Å². The molecule has 0 aliphatic heterocycles. The molecule has 1 amide bonds. The number of halogens is 1. The van der Waals surface area contributed by atoms with Crippen LogP contribution in [0.5, 0.6) is 0 Å². The van der Waals surface area contributed by atoms with Gasteiger partial charge < -0.3 is 10.6 Å². The first kappa shape index (κ1) is 13.1. The number of para-hydroxylation sites is 1. The Hall–Kier alpha value is -2.36. The molecule has 0 unspecified atom stereocenters. The molecule has 4 heteroatoms. The van der Waals surface area contributed by atoms with Crippen molar-refractivity contribution in [2.24, 2.45) is 0 Å². The Kier molecular flexibility index (Phi) is 3.51. The zero-order valence-corrected chi connectivity index (χ0v) is 10.9. The molecule has 0 atom stereocenters. The highest BCUT2D eigenvalue weighted by molar-refractivity contribution is 6.07. The van der Waals surface area contributed by atoms with Gasteiger partial charge >= 0.3 is 0 Å². The number of carbonyl (C=O) groups excluding carboxylic acids is 1. The fourth-order valence-corrected chi connectivity index (χ4v) is 1.90. The summed E-state index contributed by atoms with van der Waals surface area (Å²) in [5.74, 6) is -0.713. The zero-order valence-electron chi connectivity index (χ0n) is 10.9. The van der Waals surface area contributed by atoms with Crippen LogP contribution in [0.25, 0.3) is 0 Å². The Morgan fingerprint density at radius 1 is 1.16 bits per heavy atom. The molecule has 0 bridgehead atoms. The minimum atomic E-state index is -0.431. The van der Waals surface area contributed by atoms with Crippen LogP contribution in [0.1, 0.15) is 15.9 Å². The average molecular weight is 258 g/mol. The standard InChI is InChI=1S/C15H15FN2O/c1-10-11(6-5-8-13(10)17)15(19)18(2)14-9-4-3-7-12(14)16/h3-9H,17H2,1-2H3. The van der Waals surface area contributed by atoms with E-state index in [9.17, 15) is 9.18 Å². The molecule has 0 spiro atoms. The maximum absolute atomic E-state index is 13.7. The summed E-state index contributed by atoms with van der Waals surface area (Å²) in [4.78, 5) is 13.7. The number of rotatable bonds is 2. The molecular formula is C15H15FN2O. The Bertz CT molecular complexity index is 625. The third kappa shape index (κ3) is 2.42. The zero-order chi connectivity index (χ0) is 14.0. The Labute approximate surface area is 111 Å². The van der Waals surface area contributed by atoms with E-state index in [-0.39, 0.29) is 11.6 Å². The lowest BCUT2D eigenvalue weighted by atomic mass is 10.1. The lowest BCUT2D eigenvalue weighted by molar-refractivity contribution is 0.0991. The van der Waals surface area contributed by atoms with Crippen molar-refractivity contribution in [1.82, 2.24) is 0 Å². The summed E-state index contributed by atoms with van der Waals surface area (Å²) in [7, 11) is 1.55. The molecule has 3 nitrogen and oxygen atoms in total. The smallest absolute Gasteiger partial charge is 0.258 e. The number of hydrogen-bond acceptors (Lipinski definition) is 2. The van der Waals surface area contributed by atoms with E-state index < -0.39 is 5.82 Å². The van der Waals surface area contributed by atoms with Crippen LogP contribution in [0.2, 0.25) is 0 Å². The second-order valence-corrected chi connectivity index (χ2v) is 4.34. The largest absolute Gasteiger partial charge is 0.398 e. The van der Waals surface area contributed by atoms with Crippen LogP contribution in [-0.4, -0.2) is 13.0 Å². The van der Waals surface area contributed by atoms with Crippen LogP contribution in [-0.2, 0) is 0 Å². The van der Waals surface area contributed by atoms with E-state index in [2.05, 4.69) is 0 Å². The van der Waals surface area contributed by atoms with Crippen LogP contribution in [0, 0.1) is 12.7 Å². The van der Waals surface area contributed by atoms with Gasteiger partial charge in [-0.3, -0.25) is 4.79 Å². The van der Waals surface area contributed by atoms with Crippen molar-refractivity contribution in [3.05, 3.63) is 59.4 Å². The molecule has 0 fully saturated rings. The van der Waals surface area contributed by atoms with Crippen LogP contribution in [0.15, 0.2) is 42.5 Å². The Morgan fingerprint density at radius 3 is 2.53 bits per heavy atom. The van der Waals surface area contributed by atoms with Gasteiger partial charge in [0.15, 0.2) is 0 Å². The van der Waals surface area contributed by atoms with E-state index >= 15 is 0 Å². The van der Waals surface area contributed by atoms with Crippen LogP contribution >= 0.6 is 0 Å². The van der Waals surface area contributed by atoms with E-state index in [4.69, 9.17) is 5.73 Å². The molecule has 2 aromatic carbocycles. The SMILES string of the molecule is Cc1c(N)cccc1C(=O)N(C)c1ccccc1F. The number of amides is 1. The van der Waals surface area contributed by atoms with Crippen molar-refractivity contribution in [2.75, 3.05) is 17.7 Å². The second-order valence-electron chi connectivity index (χ2n) is 4.34. The molecule has 98 valence electrons. The number of anilines is 2. The van der Waals surface area contributed by atoms with Gasteiger partial charge in [-0.05, 0) is 36.8 Å². The molecule has 0 aliphatic carbocycles. The molecule has 2 aromatic rings. The van der Waals surface area contributed by atoms with Gasteiger partial charge in [0.1, 0.15) is 5.82 Å². The Morgan fingerprint density at radius 2 is 1.84 bits per heavy atom. The molecule has 0 heterocycles. The summed E-state index contributed by atoms with van der Waals surface area (Å²) in [5, 5.41) is 0. The Balaban J connectivity index is 2.40. The topological polar surface area (TPSA) is 46.3 Å². The molecule has 0 aromatic heterocycles. The lowest BCUT2D eigenvalue weighted by Crippen LogP contribution is -2.27. The average Bonchev–Trinajstić information content (AvgIpc) is 2.41. The summed E-state index contributed by atoms with van der Waals surface area (Å²) in [6, 6.07) is 11.3. The maximum atomic E-state index is 13.7. The van der Waals surface area contributed by atoms with Gasteiger partial charge in [0.25, 0.3) is 5.91 Å². The molecular weight excluding hydrogens is 243 g/mol. The van der Waals surface area contributed by atoms with Crippen LogP contribution in [0.3, 0.4) is 0 Å². The van der Waals surface area contributed by atoms with E-state index in [1.54, 1.807) is 50.4 Å². The molecule has 2 N–H and O–H groups in total. The molecule has 0 radical (unpaired) electrons. The molecule has 2 rings (SSSR count). The van der Waals surface area contributed by atoms with E-state index in [0.29, 0.717) is 16.8 Å². The highest BCUT2D eigenvalue weighted by Crippen LogP contribution is 2.22. The number of carbonyl (C=O) groups is 1. The fourth-order valence-electron chi connectivity index (χ4n) is 1.90. The normalized spacial score (nSPS) is 10.3. The third-order valence-electron chi connectivity index (χ3n) is 3.12. The van der Waals surface area contributed by atoms with Gasteiger partial charge in [0.2, 0.25) is 0 Å². The minimum Gasteiger partial charge on any atom is -0.398 e. The van der Waals surface area contributed by atoms with Crippen LogP contribution in [0.4, 0.5) is 15.8 Å².